The van der Waals surface area contributed by atoms with Crippen LogP contribution in [0.15, 0.2) is 47.4 Å². The van der Waals surface area contributed by atoms with Gasteiger partial charge in [0.1, 0.15) is 0 Å². The van der Waals surface area contributed by atoms with E-state index in [0.29, 0.717) is 12.6 Å². The van der Waals surface area contributed by atoms with Crippen molar-refractivity contribution in [2.24, 2.45) is 0 Å². The van der Waals surface area contributed by atoms with Crippen molar-refractivity contribution in [3.63, 3.8) is 0 Å². The number of nitrogens with one attached hydrogen (secondary N) is 1. The fourth-order valence-corrected chi connectivity index (χ4v) is 3.82. The molecule has 0 saturated carbocycles. The molecule has 21 heavy (non-hydrogen) atoms. The SMILES string of the molecule is Cc1c(CNC2CSc3ccccc32)cccc1[N+](=O)[O-]. The lowest BCUT2D eigenvalue weighted by atomic mass is 10.1. The first kappa shape index (κ1) is 14.1. The average Bonchev–Trinajstić information content (AvgIpc) is 2.89. The molecule has 0 saturated heterocycles. The van der Waals surface area contributed by atoms with Gasteiger partial charge < -0.3 is 5.32 Å². The summed E-state index contributed by atoms with van der Waals surface area (Å²) in [5, 5.41) is 14.5. The third-order valence-corrected chi connectivity index (χ3v) is 5.04. The van der Waals surface area contributed by atoms with Crippen LogP contribution >= 0.6 is 11.8 Å². The maximum Gasteiger partial charge on any atom is 0.272 e. The van der Waals surface area contributed by atoms with Gasteiger partial charge in [-0.1, -0.05) is 30.3 Å². The van der Waals surface area contributed by atoms with Crippen molar-refractivity contribution in [1.29, 1.82) is 0 Å². The summed E-state index contributed by atoms with van der Waals surface area (Å²) in [6, 6.07) is 14.0. The molecule has 2 aromatic carbocycles. The molecule has 3 rings (SSSR count). The first-order chi connectivity index (χ1) is 10.2. The zero-order chi connectivity index (χ0) is 14.8. The smallest absolute Gasteiger partial charge is 0.272 e. The molecular formula is C16H16N2O2S. The van der Waals surface area contributed by atoms with Crippen molar-refractivity contribution in [3.05, 3.63) is 69.3 Å². The molecule has 0 spiro atoms. The number of hydrogen-bond donors (Lipinski definition) is 1. The third kappa shape index (κ3) is 2.80. The Hall–Kier alpha value is -1.85. The minimum Gasteiger partial charge on any atom is -0.305 e. The number of fused-ring (bicyclic) bond motifs is 1. The van der Waals surface area contributed by atoms with Crippen LogP contribution in [-0.2, 0) is 6.54 Å². The molecule has 0 fully saturated rings. The highest BCUT2D eigenvalue weighted by molar-refractivity contribution is 7.99. The van der Waals surface area contributed by atoms with Crippen LogP contribution in [0.4, 0.5) is 5.69 Å². The van der Waals surface area contributed by atoms with Gasteiger partial charge in [0.25, 0.3) is 5.69 Å². The maximum absolute atomic E-state index is 11.0. The predicted octanol–water partition coefficient (Wildman–Crippen LogP) is 3.84. The van der Waals surface area contributed by atoms with Crippen LogP contribution in [0.3, 0.4) is 0 Å². The highest BCUT2D eigenvalue weighted by Crippen LogP contribution is 2.37. The Morgan fingerprint density at radius 1 is 1.29 bits per heavy atom. The first-order valence-corrected chi connectivity index (χ1v) is 7.83. The number of thioether (sulfide) groups is 1. The molecule has 0 radical (unpaired) electrons. The summed E-state index contributed by atoms with van der Waals surface area (Å²) in [5.41, 5.74) is 3.24. The Bertz CT molecular complexity index is 688. The molecule has 4 nitrogen and oxygen atoms in total. The molecule has 1 heterocycles. The largest absolute Gasteiger partial charge is 0.305 e. The van der Waals surface area contributed by atoms with Gasteiger partial charge in [-0.2, -0.15) is 0 Å². The Balaban J connectivity index is 1.75. The third-order valence-electron chi connectivity index (χ3n) is 3.85. The van der Waals surface area contributed by atoms with Crippen LogP contribution < -0.4 is 5.32 Å². The molecular weight excluding hydrogens is 284 g/mol. The summed E-state index contributed by atoms with van der Waals surface area (Å²) in [6.45, 7) is 2.46. The van der Waals surface area contributed by atoms with Crippen LogP contribution in [0.1, 0.15) is 22.7 Å². The number of nitro benzene ring substituents is 1. The van der Waals surface area contributed by atoms with Crippen LogP contribution in [0.25, 0.3) is 0 Å². The molecule has 0 aliphatic carbocycles. The predicted molar refractivity (Wildman–Crippen MR) is 84.6 cm³/mol. The molecule has 108 valence electrons. The van der Waals surface area contributed by atoms with E-state index in [2.05, 4.69) is 29.6 Å². The van der Waals surface area contributed by atoms with Gasteiger partial charge >= 0.3 is 0 Å². The van der Waals surface area contributed by atoms with Crippen molar-refractivity contribution in [3.8, 4) is 0 Å². The number of benzene rings is 2. The van der Waals surface area contributed by atoms with Crippen molar-refractivity contribution in [2.45, 2.75) is 24.4 Å². The molecule has 0 bridgehead atoms. The van der Waals surface area contributed by atoms with Gasteiger partial charge in [-0.15, -0.1) is 11.8 Å². The van der Waals surface area contributed by atoms with E-state index >= 15 is 0 Å². The van der Waals surface area contributed by atoms with E-state index in [-0.39, 0.29) is 10.6 Å². The highest BCUT2D eigenvalue weighted by atomic mass is 32.2. The molecule has 1 N–H and O–H groups in total. The summed E-state index contributed by atoms with van der Waals surface area (Å²) < 4.78 is 0. The van der Waals surface area contributed by atoms with Gasteiger partial charge in [0, 0.05) is 34.9 Å². The van der Waals surface area contributed by atoms with Crippen LogP contribution in [-0.4, -0.2) is 10.7 Å². The summed E-state index contributed by atoms with van der Waals surface area (Å²) in [6.07, 6.45) is 0. The summed E-state index contributed by atoms with van der Waals surface area (Å²) in [4.78, 5) is 12.0. The van der Waals surface area contributed by atoms with Gasteiger partial charge in [0.15, 0.2) is 0 Å². The van der Waals surface area contributed by atoms with E-state index in [1.807, 2.05) is 24.8 Å². The zero-order valence-corrected chi connectivity index (χ0v) is 12.5. The van der Waals surface area contributed by atoms with E-state index < -0.39 is 0 Å². The van der Waals surface area contributed by atoms with Crippen LogP contribution in [0.2, 0.25) is 0 Å². The van der Waals surface area contributed by atoms with E-state index in [9.17, 15) is 10.1 Å². The number of nitro groups is 1. The van der Waals surface area contributed by atoms with E-state index in [0.717, 1.165) is 16.9 Å². The molecule has 1 atom stereocenters. The van der Waals surface area contributed by atoms with Gasteiger partial charge in [0.05, 0.1) is 4.92 Å². The lowest BCUT2D eigenvalue weighted by molar-refractivity contribution is -0.385. The summed E-state index contributed by atoms with van der Waals surface area (Å²) in [7, 11) is 0. The van der Waals surface area contributed by atoms with Crippen molar-refractivity contribution in [2.75, 3.05) is 5.75 Å². The Morgan fingerprint density at radius 2 is 2.10 bits per heavy atom. The fraction of sp³-hybridized carbons (Fsp3) is 0.250. The van der Waals surface area contributed by atoms with Crippen molar-refractivity contribution >= 4 is 17.4 Å². The van der Waals surface area contributed by atoms with E-state index in [1.54, 1.807) is 12.1 Å². The monoisotopic (exact) mass is 300 g/mol. The zero-order valence-electron chi connectivity index (χ0n) is 11.7. The second-order valence-corrected chi connectivity index (χ2v) is 6.16. The summed E-state index contributed by atoms with van der Waals surface area (Å²) in [5.74, 6) is 1.01. The standard InChI is InChI=1S/C16H16N2O2S/c1-11-12(5-4-7-15(11)18(19)20)9-17-14-10-21-16-8-3-2-6-13(14)16/h2-8,14,17H,9-10H2,1H3. The summed E-state index contributed by atoms with van der Waals surface area (Å²) >= 11 is 1.85. The number of rotatable bonds is 4. The maximum atomic E-state index is 11.0. The molecule has 1 aliphatic rings. The van der Waals surface area contributed by atoms with Crippen LogP contribution in [0.5, 0.6) is 0 Å². The number of hydrogen-bond acceptors (Lipinski definition) is 4. The van der Waals surface area contributed by atoms with Crippen molar-refractivity contribution in [1.82, 2.24) is 5.32 Å². The second kappa shape index (κ2) is 5.87. The average molecular weight is 300 g/mol. The highest BCUT2D eigenvalue weighted by Gasteiger charge is 2.22. The lowest BCUT2D eigenvalue weighted by Crippen LogP contribution is -2.21. The topological polar surface area (TPSA) is 55.2 Å². The first-order valence-electron chi connectivity index (χ1n) is 6.85. The Kier molecular flexibility index (Phi) is 3.94. The van der Waals surface area contributed by atoms with Gasteiger partial charge in [-0.3, -0.25) is 10.1 Å². The molecule has 0 aromatic heterocycles. The van der Waals surface area contributed by atoms with E-state index in [1.165, 1.54) is 10.5 Å². The van der Waals surface area contributed by atoms with E-state index in [4.69, 9.17) is 0 Å². The molecule has 1 unspecified atom stereocenters. The van der Waals surface area contributed by atoms with Crippen molar-refractivity contribution < 1.29 is 4.92 Å². The minimum absolute atomic E-state index is 0.190. The van der Waals surface area contributed by atoms with Gasteiger partial charge in [-0.25, -0.2) is 0 Å². The minimum atomic E-state index is -0.320. The molecule has 5 heteroatoms. The fourth-order valence-electron chi connectivity index (χ4n) is 2.62. The molecule has 0 amide bonds. The quantitative estimate of drug-likeness (QED) is 0.688. The van der Waals surface area contributed by atoms with Gasteiger partial charge in [0.2, 0.25) is 0 Å². The van der Waals surface area contributed by atoms with Gasteiger partial charge in [-0.05, 0) is 24.1 Å². The molecule has 2 aromatic rings. The second-order valence-electron chi connectivity index (χ2n) is 5.10. The lowest BCUT2D eigenvalue weighted by Gasteiger charge is -2.14. The Morgan fingerprint density at radius 3 is 2.90 bits per heavy atom. The van der Waals surface area contributed by atoms with Crippen LogP contribution in [0, 0.1) is 17.0 Å². The number of nitrogens with zero attached hydrogens (tertiary/aromatic N) is 1. The Labute approximate surface area is 127 Å². The normalized spacial score (nSPS) is 16.7. The molecule has 1 aliphatic heterocycles.